The standard InChI is InChI=1S/C3H11NO7P2/c4-1-2(12(6,7)8)3(5)13(9,10)11/h2-3,5H,1,4H2,(H2,6,7,8)(H2,9,10,11). The van der Waals surface area contributed by atoms with Gasteiger partial charge in [0.15, 0.2) is 5.85 Å². The Hall–Kier alpha value is 0.220. The molecule has 0 aromatic carbocycles. The highest BCUT2D eigenvalue weighted by Gasteiger charge is 2.43. The lowest BCUT2D eigenvalue weighted by Crippen LogP contribution is -2.33. The summed E-state index contributed by atoms with van der Waals surface area (Å²) in [6, 6.07) is 0. The molecule has 13 heavy (non-hydrogen) atoms. The van der Waals surface area contributed by atoms with E-state index in [1.165, 1.54) is 0 Å². The minimum atomic E-state index is -4.94. The van der Waals surface area contributed by atoms with E-state index < -0.39 is 33.2 Å². The van der Waals surface area contributed by atoms with E-state index in [1.807, 2.05) is 0 Å². The van der Waals surface area contributed by atoms with Gasteiger partial charge in [0, 0.05) is 6.54 Å². The molecule has 10 heteroatoms. The molecule has 2 unspecified atom stereocenters. The summed E-state index contributed by atoms with van der Waals surface area (Å²) in [6.45, 7) is -0.712. The van der Waals surface area contributed by atoms with Crippen molar-refractivity contribution < 1.29 is 33.8 Å². The van der Waals surface area contributed by atoms with E-state index >= 15 is 0 Å². The Morgan fingerprint density at radius 3 is 1.54 bits per heavy atom. The largest absolute Gasteiger partial charge is 0.380 e. The van der Waals surface area contributed by atoms with Crippen LogP contribution in [0.1, 0.15) is 0 Å². The highest BCUT2D eigenvalue weighted by atomic mass is 31.2. The normalized spacial score (nSPS) is 18.3. The number of hydrogen-bond donors (Lipinski definition) is 6. The van der Waals surface area contributed by atoms with Crippen molar-refractivity contribution in [1.82, 2.24) is 0 Å². The van der Waals surface area contributed by atoms with E-state index in [9.17, 15) is 9.13 Å². The van der Waals surface area contributed by atoms with Crippen LogP contribution < -0.4 is 5.73 Å². The van der Waals surface area contributed by atoms with E-state index in [0.717, 1.165) is 0 Å². The number of rotatable bonds is 4. The van der Waals surface area contributed by atoms with Crippen molar-refractivity contribution in [3.63, 3.8) is 0 Å². The maximum atomic E-state index is 10.6. The molecule has 0 fully saturated rings. The summed E-state index contributed by atoms with van der Waals surface area (Å²) in [4.78, 5) is 33.9. The van der Waals surface area contributed by atoms with Crippen LogP contribution in [0.15, 0.2) is 0 Å². The lowest BCUT2D eigenvalue weighted by molar-refractivity contribution is 0.186. The van der Waals surface area contributed by atoms with Gasteiger partial charge in [-0.2, -0.15) is 0 Å². The van der Waals surface area contributed by atoms with Gasteiger partial charge < -0.3 is 30.4 Å². The number of aliphatic hydroxyl groups is 1. The van der Waals surface area contributed by atoms with Crippen LogP contribution in [0.25, 0.3) is 0 Å². The quantitative estimate of drug-likeness (QED) is 0.304. The van der Waals surface area contributed by atoms with Gasteiger partial charge in [0.05, 0.1) is 0 Å². The third-order valence-electron chi connectivity index (χ3n) is 1.36. The maximum absolute atomic E-state index is 10.6. The predicted molar refractivity (Wildman–Crippen MR) is 42.9 cm³/mol. The van der Waals surface area contributed by atoms with Crippen LogP contribution in [0.2, 0.25) is 0 Å². The maximum Gasteiger partial charge on any atom is 0.354 e. The smallest absolute Gasteiger partial charge is 0.354 e. The summed E-state index contributed by atoms with van der Waals surface area (Å²) >= 11 is 0. The molecule has 0 heterocycles. The van der Waals surface area contributed by atoms with Gasteiger partial charge in [0.25, 0.3) is 0 Å². The number of aliphatic hydroxyl groups excluding tert-OH is 1. The Morgan fingerprint density at radius 1 is 1.08 bits per heavy atom. The number of nitrogens with two attached hydrogens (primary N) is 1. The molecule has 0 rings (SSSR count). The lowest BCUT2D eigenvalue weighted by atomic mass is 10.4. The van der Waals surface area contributed by atoms with E-state index in [2.05, 4.69) is 0 Å². The first-order valence-electron chi connectivity index (χ1n) is 3.09. The molecule has 0 aliphatic rings. The summed E-state index contributed by atoms with van der Waals surface area (Å²) in [5, 5.41) is 8.85. The van der Waals surface area contributed by atoms with Gasteiger partial charge in [-0.1, -0.05) is 0 Å². The first-order chi connectivity index (χ1) is 5.60. The molecule has 0 aliphatic carbocycles. The van der Waals surface area contributed by atoms with Crippen LogP contribution >= 0.6 is 15.2 Å². The monoisotopic (exact) mass is 235 g/mol. The van der Waals surface area contributed by atoms with E-state index in [0.29, 0.717) is 0 Å². The first kappa shape index (κ1) is 13.2. The fourth-order valence-corrected chi connectivity index (χ4v) is 2.89. The Bertz CT molecular complexity index is 254. The van der Waals surface area contributed by atoms with Crippen molar-refractivity contribution in [2.24, 2.45) is 5.73 Å². The van der Waals surface area contributed by atoms with Crippen molar-refractivity contribution in [2.75, 3.05) is 6.54 Å². The van der Waals surface area contributed by atoms with Gasteiger partial charge in [0.2, 0.25) is 0 Å². The van der Waals surface area contributed by atoms with Crippen molar-refractivity contribution >= 4 is 15.2 Å². The third kappa shape index (κ3) is 3.84. The van der Waals surface area contributed by atoms with Crippen molar-refractivity contribution in [1.29, 1.82) is 0 Å². The van der Waals surface area contributed by atoms with Crippen LogP contribution in [0.4, 0.5) is 0 Å². The van der Waals surface area contributed by atoms with Crippen LogP contribution in [0.3, 0.4) is 0 Å². The topological polar surface area (TPSA) is 161 Å². The average molecular weight is 235 g/mol. The summed E-state index contributed by atoms with van der Waals surface area (Å²) in [5.74, 6) is -2.43. The molecule has 0 aromatic heterocycles. The molecule has 0 aliphatic heterocycles. The summed E-state index contributed by atoms with van der Waals surface area (Å²) in [7, 11) is -9.74. The first-order valence-corrected chi connectivity index (χ1v) is 6.45. The van der Waals surface area contributed by atoms with E-state index in [4.69, 9.17) is 30.4 Å². The van der Waals surface area contributed by atoms with E-state index in [-0.39, 0.29) is 0 Å². The molecule has 0 aromatic rings. The zero-order valence-electron chi connectivity index (χ0n) is 6.39. The zero-order valence-corrected chi connectivity index (χ0v) is 8.18. The van der Waals surface area contributed by atoms with Crippen molar-refractivity contribution in [3.05, 3.63) is 0 Å². The van der Waals surface area contributed by atoms with E-state index in [1.54, 1.807) is 0 Å². The molecule has 0 saturated carbocycles. The molecule has 2 atom stereocenters. The average Bonchev–Trinajstić information content (AvgIpc) is 1.83. The fraction of sp³-hybridized carbons (Fsp3) is 1.00. The predicted octanol–water partition coefficient (Wildman–Crippen LogP) is -2.01. The summed E-state index contributed by atoms with van der Waals surface area (Å²) in [5.41, 5.74) is 2.92. The minimum absolute atomic E-state index is 0.712. The van der Waals surface area contributed by atoms with Crippen LogP contribution in [-0.4, -0.2) is 42.7 Å². The summed E-state index contributed by atoms with van der Waals surface area (Å²) in [6.07, 6.45) is 0. The highest BCUT2D eigenvalue weighted by Crippen LogP contribution is 2.52. The molecular weight excluding hydrogens is 224 g/mol. The molecular formula is C3H11NO7P2. The Balaban J connectivity index is 4.82. The fourth-order valence-electron chi connectivity index (χ4n) is 0.657. The van der Waals surface area contributed by atoms with Gasteiger partial charge >= 0.3 is 15.2 Å². The SMILES string of the molecule is NCC(C(O)P(=O)(O)O)P(=O)(O)O. The second-order valence-electron chi connectivity index (χ2n) is 2.39. The van der Waals surface area contributed by atoms with Gasteiger partial charge in [-0.3, -0.25) is 9.13 Å². The Morgan fingerprint density at radius 2 is 1.46 bits per heavy atom. The second kappa shape index (κ2) is 4.16. The molecule has 80 valence electrons. The molecule has 0 bridgehead atoms. The lowest BCUT2D eigenvalue weighted by Gasteiger charge is -2.22. The van der Waals surface area contributed by atoms with Gasteiger partial charge in [-0.25, -0.2) is 0 Å². The second-order valence-corrected chi connectivity index (χ2v) is 5.94. The van der Waals surface area contributed by atoms with Gasteiger partial charge in [-0.05, 0) is 0 Å². The molecule has 0 radical (unpaired) electrons. The molecule has 0 saturated heterocycles. The molecule has 7 N–H and O–H groups in total. The van der Waals surface area contributed by atoms with Crippen LogP contribution in [-0.2, 0) is 9.13 Å². The van der Waals surface area contributed by atoms with Gasteiger partial charge in [-0.15, -0.1) is 0 Å². The highest BCUT2D eigenvalue weighted by molar-refractivity contribution is 7.57. The molecule has 0 amide bonds. The van der Waals surface area contributed by atoms with Gasteiger partial charge in [0.1, 0.15) is 5.66 Å². The zero-order chi connectivity index (χ0) is 10.9. The molecule has 8 nitrogen and oxygen atoms in total. The third-order valence-corrected chi connectivity index (χ3v) is 4.00. The number of hydrogen-bond acceptors (Lipinski definition) is 4. The van der Waals surface area contributed by atoms with Crippen molar-refractivity contribution in [2.45, 2.75) is 11.5 Å². The summed E-state index contributed by atoms with van der Waals surface area (Å²) < 4.78 is 21.0. The van der Waals surface area contributed by atoms with Crippen molar-refractivity contribution in [3.8, 4) is 0 Å². The van der Waals surface area contributed by atoms with Crippen LogP contribution in [0, 0.1) is 0 Å². The Kier molecular flexibility index (Phi) is 4.23. The van der Waals surface area contributed by atoms with Crippen LogP contribution in [0.5, 0.6) is 0 Å². The molecule has 0 spiro atoms. The Labute approximate surface area is 73.7 Å². The minimum Gasteiger partial charge on any atom is -0.380 e.